The number of rotatable bonds is 10. The van der Waals surface area contributed by atoms with Crippen molar-refractivity contribution in [2.75, 3.05) is 20.8 Å². The lowest BCUT2D eigenvalue weighted by Crippen LogP contribution is -2.05. The molecule has 38 heavy (non-hydrogen) atoms. The van der Waals surface area contributed by atoms with Crippen LogP contribution in [0.25, 0.3) is 0 Å². The van der Waals surface area contributed by atoms with Gasteiger partial charge in [-0.3, -0.25) is 14.4 Å². The minimum absolute atomic E-state index is 0.243. The molecule has 8 nitrogen and oxygen atoms in total. The molecule has 0 spiro atoms. The molecule has 0 radical (unpaired) electrons. The van der Waals surface area contributed by atoms with Crippen LogP contribution in [0.2, 0.25) is 0 Å². The van der Waals surface area contributed by atoms with Crippen molar-refractivity contribution in [3.8, 4) is 23.0 Å². The first-order chi connectivity index (χ1) is 18.0. The van der Waals surface area contributed by atoms with Crippen LogP contribution in [0.5, 0.6) is 23.0 Å². The highest BCUT2D eigenvalue weighted by Gasteiger charge is 2.12. The van der Waals surface area contributed by atoms with Gasteiger partial charge in [-0.05, 0) is 63.5 Å². The van der Waals surface area contributed by atoms with Crippen LogP contribution in [0.15, 0.2) is 59.7 Å². The Balaban J connectivity index is 0.000000389. The fraction of sp³-hybridized carbons (Fsp3) is 0.367. The third kappa shape index (κ3) is 11.8. The lowest BCUT2D eigenvalue weighted by molar-refractivity contribution is -0.140. The predicted molar refractivity (Wildman–Crippen MR) is 146 cm³/mol. The largest absolute Gasteiger partial charge is 0.496 e. The number of methoxy groups -OCH3 is 2. The molecule has 206 valence electrons. The first-order valence-electron chi connectivity index (χ1n) is 12.1. The van der Waals surface area contributed by atoms with E-state index in [2.05, 4.69) is 6.08 Å². The van der Waals surface area contributed by atoms with E-state index in [1.807, 2.05) is 39.0 Å². The van der Waals surface area contributed by atoms with Gasteiger partial charge in [0.25, 0.3) is 0 Å². The Morgan fingerprint density at radius 1 is 0.632 bits per heavy atom. The number of ether oxygens (including phenoxy) is 5. The van der Waals surface area contributed by atoms with Crippen LogP contribution in [-0.2, 0) is 32.0 Å². The fourth-order valence-electron chi connectivity index (χ4n) is 3.23. The maximum Gasteiger partial charge on any atom is 0.308 e. The van der Waals surface area contributed by atoms with E-state index in [1.165, 1.54) is 26.3 Å². The maximum atomic E-state index is 11.1. The molecule has 0 aliphatic rings. The van der Waals surface area contributed by atoms with Gasteiger partial charge in [0.15, 0.2) is 0 Å². The predicted octanol–water partition coefficient (Wildman–Crippen LogP) is 5.80. The minimum atomic E-state index is -0.384. The normalized spacial score (nSPS) is 10.4. The number of carbonyl (C=O) groups is 3. The second-order valence-electron chi connectivity index (χ2n) is 8.58. The van der Waals surface area contributed by atoms with Gasteiger partial charge >= 0.3 is 17.9 Å². The summed E-state index contributed by atoms with van der Waals surface area (Å²) in [5.41, 5.74) is 3.79. The highest BCUT2D eigenvalue weighted by molar-refractivity contribution is 5.71. The van der Waals surface area contributed by atoms with Crippen molar-refractivity contribution in [2.45, 2.75) is 54.4 Å². The molecule has 0 fully saturated rings. The molecule has 0 N–H and O–H groups in total. The summed E-state index contributed by atoms with van der Waals surface area (Å²) in [6.45, 7) is 10.3. The van der Waals surface area contributed by atoms with E-state index < -0.39 is 0 Å². The highest BCUT2D eigenvalue weighted by atomic mass is 16.5. The molecule has 0 atom stereocenters. The van der Waals surface area contributed by atoms with Crippen molar-refractivity contribution in [1.82, 2.24) is 0 Å². The van der Waals surface area contributed by atoms with Gasteiger partial charge in [0, 0.05) is 31.9 Å². The SMILES string of the molecule is COc1cccc(OC(C)=O)c1C/C=C(/C)COC(C)=O.COc1cccc(OC(C)=O)c1CC=C(C)C. The lowest BCUT2D eigenvalue weighted by Gasteiger charge is -2.12. The summed E-state index contributed by atoms with van der Waals surface area (Å²) in [4.78, 5) is 32.9. The quantitative estimate of drug-likeness (QED) is 0.218. The molecule has 0 saturated heterocycles. The van der Waals surface area contributed by atoms with E-state index in [-0.39, 0.29) is 24.5 Å². The molecule has 0 aromatic heterocycles. The Hall–Kier alpha value is -4.07. The number of carbonyl (C=O) groups excluding carboxylic acids is 3. The van der Waals surface area contributed by atoms with Crippen molar-refractivity contribution in [2.24, 2.45) is 0 Å². The third-order valence-electron chi connectivity index (χ3n) is 5.00. The van der Waals surface area contributed by atoms with Crippen LogP contribution in [0.3, 0.4) is 0 Å². The summed E-state index contributed by atoms with van der Waals surface area (Å²) in [5.74, 6) is 1.39. The molecule has 2 rings (SSSR count). The lowest BCUT2D eigenvalue weighted by atomic mass is 10.1. The second-order valence-corrected chi connectivity index (χ2v) is 8.58. The first-order valence-corrected chi connectivity index (χ1v) is 12.1. The van der Waals surface area contributed by atoms with Crippen molar-refractivity contribution in [3.05, 3.63) is 70.8 Å². The Labute approximate surface area is 225 Å². The summed E-state index contributed by atoms with van der Waals surface area (Å²) in [6.07, 6.45) is 5.19. The Morgan fingerprint density at radius 2 is 1.05 bits per heavy atom. The van der Waals surface area contributed by atoms with Crippen LogP contribution in [0, 0.1) is 0 Å². The Morgan fingerprint density at radius 3 is 1.42 bits per heavy atom. The van der Waals surface area contributed by atoms with E-state index >= 15 is 0 Å². The van der Waals surface area contributed by atoms with Crippen LogP contribution < -0.4 is 18.9 Å². The van der Waals surface area contributed by atoms with E-state index in [0.717, 1.165) is 22.4 Å². The molecule has 2 aromatic rings. The first kappa shape index (κ1) is 32.0. The Kier molecular flexibility index (Phi) is 14.0. The zero-order valence-electron chi connectivity index (χ0n) is 23.5. The van der Waals surface area contributed by atoms with Gasteiger partial charge in [0.05, 0.1) is 14.2 Å². The molecule has 0 aliphatic heterocycles. The van der Waals surface area contributed by atoms with E-state index in [9.17, 15) is 14.4 Å². The van der Waals surface area contributed by atoms with Crippen molar-refractivity contribution in [1.29, 1.82) is 0 Å². The second kappa shape index (κ2) is 16.6. The molecular weight excluding hydrogens is 488 g/mol. The zero-order chi connectivity index (χ0) is 28.7. The molecular formula is C30H38O8. The van der Waals surface area contributed by atoms with Crippen molar-refractivity contribution >= 4 is 17.9 Å². The summed E-state index contributed by atoms with van der Waals surface area (Å²) in [5, 5.41) is 0. The maximum absolute atomic E-state index is 11.1. The minimum Gasteiger partial charge on any atom is -0.496 e. The van der Waals surface area contributed by atoms with Crippen LogP contribution in [0.4, 0.5) is 0 Å². The molecule has 0 heterocycles. The molecule has 0 bridgehead atoms. The summed E-state index contributed by atoms with van der Waals surface area (Å²) in [6, 6.07) is 10.7. The number of benzene rings is 2. The monoisotopic (exact) mass is 526 g/mol. The standard InChI is InChI=1S/C16H20O5.C14H18O3/c1-11(10-20-12(2)17)8-9-14-15(19-4)6-5-7-16(14)21-13(3)18;1-10(2)8-9-12-13(16-4)6-5-7-14(12)17-11(3)15/h5-8H,9-10H2,1-4H3;5-8H,9H2,1-4H3/b11-8-;. The molecule has 0 amide bonds. The molecule has 0 aliphatic carbocycles. The third-order valence-corrected chi connectivity index (χ3v) is 5.00. The summed E-state index contributed by atoms with van der Waals surface area (Å²) >= 11 is 0. The van der Waals surface area contributed by atoms with Gasteiger partial charge in [-0.25, -0.2) is 0 Å². The molecule has 2 aromatic carbocycles. The van der Waals surface area contributed by atoms with Crippen LogP contribution >= 0.6 is 0 Å². The number of allylic oxidation sites excluding steroid dienone is 3. The number of hydrogen-bond donors (Lipinski definition) is 0. The molecule has 0 unspecified atom stereocenters. The van der Waals surface area contributed by atoms with Crippen LogP contribution in [-0.4, -0.2) is 38.7 Å². The van der Waals surface area contributed by atoms with E-state index in [1.54, 1.807) is 38.5 Å². The van der Waals surface area contributed by atoms with Gasteiger partial charge < -0.3 is 23.7 Å². The van der Waals surface area contributed by atoms with Gasteiger partial charge in [-0.15, -0.1) is 0 Å². The van der Waals surface area contributed by atoms with Gasteiger partial charge in [0.1, 0.15) is 29.6 Å². The molecule has 0 saturated carbocycles. The average Bonchev–Trinajstić information content (AvgIpc) is 2.85. The highest BCUT2D eigenvalue weighted by Crippen LogP contribution is 2.30. The fourth-order valence-corrected chi connectivity index (χ4v) is 3.23. The Bertz CT molecular complexity index is 1160. The van der Waals surface area contributed by atoms with Crippen molar-refractivity contribution < 1.29 is 38.1 Å². The van der Waals surface area contributed by atoms with Crippen molar-refractivity contribution in [3.63, 3.8) is 0 Å². The average molecular weight is 527 g/mol. The van der Waals surface area contributed by atoms with Crippen LogP contribution in [0.1, 0.15) is 52.7 Å². The van der Waals surface area contributed by atoms with E-state index in [4.69, 9.17) is 23.7 Å². The van der Waals surface area contributed by atoms with Gasteiger partial charge in [0.2, 0.25) is 0 Å². The zero-order valence-corrected chi connectivity index (χ0v) is 23.5. The molecule has 8 heteroatoms. The summed E-state index contributed by atoms with van der Waals surface area (Å²) < 4.78 is 25.8. The number of esters is 3. The van der Waals surface area contributed by atoms with Gasteiger partial charge in [-0.2, -0.15) is 0 Å². The smallest absolute Gasteiger partial charge is 0.308 e. The van der Waals surface area contributed by atoms with Gasteiger partial charge in [-0.1, -0.05) is 29.9 Å². The topological polar surface area (TPSA) is 97.4 Å². The van der Waals surface area contributed by atoms with E-state index in [0.29, 0.717) is 30.1 Å². The summed E-state index contributed by atoms with van der Waals surface area (Å²) in [7, 11) is 3.17. The number of hydrogen-bond acceptors (Lipinski definition) is 8.